The molecule has 0 fully saturated rings. The van der Waals surface area contributed by atoms with Crippen LogP contribution in [-0.4, -0.2) is 44.7 Å². The molecular weight excluding hydrogens is 290 g/mol. The SMILES string of the molecule is COC(=O)CCNCCOC(=O)c1ccc(OC(C)=O)cc1. The number of carbonyl (C=O) groups is 3. The maximum atomic E-state index is 11.7. The van der Waals surface area contributed by atoms with Crippen molar-refractivity contribution in [2.75, 3.05) is 26.8 Å². The summed E-state index contributed by atoms with van der Waals surface area (Å²) in [5.74, 6) is -0.816. The maximum absolute atomic E-state index is 11.7. The molecule has 0 radical (unpaired) electrons. The highest BCUT2D eigenvalue weighted by Gasteiger charge is 2.07. The normalized spacial score (nSPS) is 9.91. The summed E-state index contributed by atoms with van der Waals surface area (Å²) in [6.45, 7) is 2.39. The van der Waals surface area contributed by atoms with Gasteiger partial charge in [0, 0.05) is 20.0 Å². The Balaban J connectivity index is 2.25. The largest absolute Gasteiger partial charge is 0.469 e. The fourth-order valence-electron chi connectivity index (χ4n) is 1.54. The Morgan fingerprint density at radius 2 is 1.77 bits per heavy atom. The molecule has 1 aromatic rings. The number of carbonyl (C=O) groups excluding carboxylic acids is 3. The van der Waals surface area contributed by atoms with Crippen molar-refractivity contribution in [3.8, 4) is 5.75 Å². The van der Waals surface area contributed by atoms with Crippen molar-refractivity contribution < 1.29 is 28.6 Å². The lowest BCUT2D eigenvalue weighted by atomic mass is 10.2. The molecule has 1 N–H and O–H groups in total. The van der Waals surface area contributed by atoms with Crippen molar-refractivity contribution in [3.05, 3.63) is 29.8 Å². The van der Waals surface area contributed by atoms with E-state index in [1.165, 1.54) is 38.3 Å². The molecule has 7 heteroatoms. The van der Waals surface area contributed by atoms with E-state index >= 15 is 0 Å². The first-order valence-electron chi connectivity index (χ1n) is 6.76. The molecule has 0 saturated heterocycles. The van der Waals surface area contributed by atoms with Gasteiger partial charge in [-0.3, -0.25) is 9.59 Å². The molecule has 7 nitrogen and oxygen atoms in total. The number of methoxy groups -OCH3 is 1. The number of benzene rings is 1. The molecule has 0 unspecified atom stereocenters. The molecule has 22 heavy (non-hydrogen) atoms. The predicted octanol–water partition coefficient (Wildman–Crippen LogP) is 0.921. The Hall–Kier alpha value is -2.41. The number of ether oxygens (including phenoxy) is 3. The van der Waals surface area contributed by atoms with E-state index < -0.39 is 11.9 Å². The summed E-state index contributed by atoms with van der Waals surface area (Å²) in [5, 5.41) is 2.95. The van der Waals surface area contributed by atoms with E-state index in [9.17, 15) is 14.4 Å². The first-order valence-corrected chi connectivity index (χ1v) is 6.76. The maximum Gasteiger partial charge on any atom is 0.338 e. The average Bonchev–Trinajstić information content (AvgIpc) is 2.50. The summed E-state index contributed by atoms with van der Waals surface area (Å²) in [7, 11) is 1.33. The van der Waals surface area contributed by atoms with Crippen LogP contribution in [0.2, 0.25) is 0 Å². The first-order chi connectivity index (χ1) is 10.5. The quantitative estimate of drug-likeness (QED) is 0.434. The molecule has 0 amide bonds. The van der Waals surface area contributed by atoms with Crippen LogP contribution in [0.4, 0.5) is 0 Å². The van der Waals surface area contributed by atoms with Gasteiger partial charge < -0.3 is 19.5 Å². The lowest BCUT2D eigenvalue weighted by molar-refractivity contribution is -0.140. The Morgan fingerprint density at radius 3 is 2.36 bits per heavy atom. The van der Waals surface area contributed by atoms with Gasteiger partial charge in [-0.15, -0.1) is 0 Å². The fraction of sp³-hybridized carbons (Fsp3) is 0.400. The molecule has 0 aliphatic carbocycles. The summed E-state index contributed by atoms with van der Waals surface area (Å²) in [4.78, 5) is 33.4. The second-order valence-corrected chi connectivity index (χ2v) is 4.33. The number of hydrogen-bond donors (Lipinski definition) is 1. The minimum Gasteiger partial charge on any atom is -0.469 e. The average molecular weight is 309 g/mol. The monoisotopic (exact) mass is 309 g/mol. The van der Waals surface area contributed by atoms with Crippen LogP contribution in [0.5, 0.6) is 5.75 Å². The van der Waals surface area contributed by atoms with Gasteiger partial charge in [-0.25, -0.2) is 4.79 Å². The van der Waals surface area contributed by atoms with Crippen LogP contribution in [0.1, 0.15) is 23.7 Å². The lowest BCUT2D eigenvalue weighted by Crippen LogP contribution is -2.24. The predicted molar refractivity (Wildman–Crippen MR) is 77.5 cm³/mol. The van der Waals surface area contributed by atoms with Crippen LogP contribution in [-0.2, 0) is 19.1 Å². The molecule has 120 valence electrons. The Kier molecular flexibility index (Phi) is 7.63. The molecule has 1 rings (SSSR count). The summed E-state index contributed by atoms with van der Waals surface area (Å²) >= 11 is 0. The van der Waals surface area contributed by atoms with Gasteiger partial charge in [-0.2, -0.15) is 0 Å². The highest BCUT2D eigenvalue weighted by atomic mass is 16.5. The third kappa shape index (κ3) is 6.85. The number of nitrogens with one attached hydrogen (secondary N) is 1. The molecule has 0 aromatic heterocycles. The Morgan fingerprint density at radius 1 is 1.09 bits per heavy atom. The molecule has 0 aliphatic rings. The van der Waals surface area contributed by atoms with Gasteiger partial charge >= 0.3 is 17.9 Å². The second-order valence-electron chi connectivity index (χ2n) is 4.33. The van der Waals surface area contributed by atoms with E-state index in [2.05, 4.69) is 10.1 Å². The summed E-state index contributed by atoms with van der Waals surface area (Å²) in [6.07, 6.45) is 0.266. The summed E-state index contributed by atoms with van der Waals surface area (Å²) in [5.41, 5.74) is 0.366. The van der Waals surface area contributed by atoms with Gasteiger partial charge in [-0.1, -0.05) is 0 Å². The van der Waals surface area contributed by atoms with Gasteiger partial charge in [0.25, 0.3) is 0 Å². The minimum atomic E-state index is -0.468. The van der Waals surface area contributed by atoms with Crippen molar-refractivity contribution in [2.24, 2.45) is 0 Å². The molecule has 1 aromatic carbocycles. The smallest absolute Gasteiger partial charge is 0.338 e. The molecular formula is C15H19NO6. The molecule has 0 heterocycles. The number of hydrogen-bond acceptors (Lipinski definition) is 7. The van der Waals surface area contributed by atoms with Crippen molar-refractivity contribution in [1.82, 2.24) is 5.32 Å². The van der Waals surface area contributed by atoms with E-state index in [1.54, 1.807) is 0 Å². The van der Waals surface area contributed by atoms with Crippen LogP contribution >= 0.6 is 0 Å². The van der Waals surface area contributed by atoms with Crippen molar-refractivity contribution in [1.29, 1.82) is 0 Å². The van der Waals surface area contributed by atoms with Crippen molar-refractivity contribution >= 4 is 17.9 Å². The van der Waals surface area contributed by atoms with Crippen LogP contribution < -0.4 is 10.1 Å². The van der Waals surface area contributed by atoms with Crippen molar-refractivity contribution in [2.45, 2.75) is 13.3 Å². The number of rotatable bonds is 8. The van der Waals surface area contributed by atoms with Crippen LogP contribution in [0, 0.1) is 0 Å². The van der Waals surface area contributed by atoms with Crippen LogP contribution in [0.15, 0.2) is 24.3 Å². The van der Waals surface area contributed by atoms with Gasteiger partial charge in [-0.05, 0) is 24.3 Å². The molecule has 0 atom stereocenters. The molecule has 0 bridgehead atoms. The Labute approximate surface area is 128 Å². The second kappa shape index (κ2) is 9.51. The molecule has 0 aliphatic heterocycles. The lowest BCUT2D eigenvalue weighted by Gasteiger charge is -2.07. The fourth-order valence-corrected chi connectivity index (χ4v) is 1.54. The zero-order valence-corrected chi connectivity index (χ0v) is 12.6. The van der Waals surface area contributed by atoms with E-state index in [-0.39, 0.29) is 19.0 Å². The van der Waals surface area contributed by atoms with E-state index in [0.717, 1.165) is 0 Å². The van der Waals surface area contributed by atoms with Crippen LogP contribution in [0.25, 0.3) is 0 Å². The first kappa shape index (κ1) is 17.6. The van der Waals surface area contributed by atoms with Gasteiger partial charge in [0.15, 0.2) is 0 Å². The van der Waals surface area contributed by atoms with Gasteiger partial charge in [0.1, 0.15) is 12.4 Å². The topological polar surface area (TPSA) is 90.9 Å². The zero-order chi connectivity index (χ0) is 16.4. The summed E-state index contributed by atoms with van der Waals surface area (Å²) < 4.78 is 14.4. The van der Waals surface area contributed by atoms with Gasteiger partial charge in [0.05, 0.1) is 19.1 Å². The molecule has 0 spiro atoms. The number of esters is 3. The van der Waals surface area contributed by atoms with Crippen LogP contribution in [0.3, 0.4) is 0 Å². The third-order valence-electron chi connectivity index (χ3n) is 2.60. The molecule has 0 saturated carbocycles. The van der Waals surface area contributed by atoms with Gasteiger partial charge in [0.2, 0.25) is 0 Å². The summed E-state index contributed by atoms with van der Waals surface area (Å²) in [6, 6.07) is 6.08. The highest BCUT2D eigenvalue weighted by molar-refractivity contribution is 5.89. The third-order valence-corrected chi connectivity index (χ3v) is 2.60. The minimum absolute atomic E-state index is 0.186. The van der Waals surface area contributed by atoms with E-state index in [0.29, 0.717) is 24.4 Å². The van der Waals surface area contributed by atoms with E-state index in [4.69, 9.17) is 9.47 Å². The zero-order valence-electron chi connectivity index (χ0n) is 12.6. The van der Waals surface area contributed by atoms with Crippen molar-refractivity contribution in [3.63, 3.8) is 0 Å². The standard InChI is InChI=1S/C15H19NO6/c1-11(17)22-13-5-3-12(4-6-13)15(19)21-10-9-16-8-7-14(18)20-2/h3-6,16H,7-10H2,1-2H3. The van der Waals surface area contributed by atoms with E-state index in [1.807, 2.05) is 0 Å². The Bertz CT molecular complexity index is 511. The highest BCUT2D eigenvalue weighted by Crippen LogP contribution is 2.13.